The largest absolute Gasteiger partial charge is 0.354 e. The predicted octanol–water partition coefficient (Wildman–Crippen LogP) is 3.59. The number of hydrogen-bond donors (Lipinski definition) is 1. The fourth-order valence-corrected chi connectivity index (χ4v) is 3.83. The summed E-state index contributed by atoms with van der Waals surface area (Å²) in [6.07, 6.45) is 5.58. The summed E-state index contributed by atoms with van der Waals surface area (Å²) in [6, 6.07) is 12.2. The first-order valence-electron chi connectivity index (χ1n) is 10.7. The molecule has 1 aliphatic rings. The molecule has 3 rings (SSSR count). The van der Waals surface area contributed by atoms with Gasteiger partial charge in [-0.25, -0.2) is 9.97 Å². The first kappa shape index (κ1) is 21.2. The molecule has 1 aromatic carbocycles. The van der Waals surface area contributed by atoms with Crippen LogP contribution < -0.4 is 10.2 Å². The number of nitrogens with zero attached hydrogens (tertiary/aromatic N) is 4. The molecule has 6 heteroatoms. The van der Waals surface area contributed by atoms with Crippen molar-refractivity contribution >= 4 is 11.7 Å². The quantitative estimate of drug-likeness (QED) is 0.692. The van der Waals surface area contributed by atoms with Crippen molar-refractivity contribution in [1.82, 2.24) is 20.2 Å². The van der Waals surface area contributed by atoms with Crippen molar-refractivity contribution in [3.05, 3.63) is 42.1 Å². The maximum absolute atomic E-state index is 12.8. The molecule has 0 aliphatic carbocycles. The standard InChI is InChI=1S/C23H33N5O/c1-4-19-13-8-9-16-28(19)21-17-20(23(29)24-14-10-15-27(2)3)25-22(26-21)18-11-6-5-7-12-18/h5-7,11-12,17,19H,4,8-10,13-16H2,1-3H3,(H,24,29). The smallest absolute Gasteiger partial charge is 0.270 e. The predicted molar refractivity (Wildman–Crippen MR) is 118 cm³/mol. The summed E-state index contributed by atoms with van der Waals surface area (Å²) in [5.41, 5.74) is 1.38. The van der Waals surface area contributed by atoms with Crippen molar-refractivity contribution in [3.63, 3.8) is 0 Å². The van der Waals surface area contributed by atoms with E-state index in [0.29, 0.717) is 24.1 Å². The minimum atomic E-state index is -0.130. The van der Waals surface area contributed by atoms with Gasteiger partial charge in [0.25, 0.3) is 5.91 Å². The molecule has 29 heavy (non-hydrogen) atoms. The lowest BCUT2D eigenvalue weighted by Crippen LogP contribution is -2.40. The Kier molecular flexibility index (Phi) is 7.58. The number of nitrogens with one attached hydrogen (secondary N) is 1. The topological polar surface area (TPSA) is 61.4 Å². The van der Waals surface area contributed by atoms with E-state index >= 15 is 0 Å². The molecule has 2 aromatic rings. The number of rotatable bonds is 8. The molecule has 0 spiro atoms. The van der Waals surface area contributed by atoms with Crippen LogP contribution in [-0.2, 0) is 0 Å². The Labute approximate surface area is 174 Å². The zero-order valence-corrected chi connectivity index (χ0v) is 17.9. The van der Waals surface area contributed by atoms with Crippen LogP contribution in [0.1, 0.15) is 49.5 Å². The van der Waals surface area contributed by atoms with Crippen LogP contribution in [0.3, 0.4) is 0 Å². The number of benzene rings is 1. The van der Waals surface area contributed by atoms with E-state index in [1.807, 2.05) is 50.5 Å². The highest BCUT2D eigenvalue weighted by Crippen LogP contribution is 2.27. The number of hydrogen-bond acceptors (Lipinski definition) is 5. The highest BCUT2D eigenvalue weighted by molar-refractivity contribution is 5.93. The zero-order valence-electron chi connectivity index (χ0n) is 17.9. The average molecular weight is 396 g/mol. The SMILES string of the molecule is CCC1CCCCN1c1cc(C(=O)NCCCN(C)C)nc(-c2ccccc2)n1. The Morgan fingerprint density at radius 2 is 2.00 bits per heavy atom. The highest BCUT2D eigenvalue weighted by Gasteiger charge is 2.24. The molecule has 1 unspecified atom stereocenters. The molecule has 0 bridgehead atoms. The lowest BCUT2D eigenvalue weighted by atomic mass is 10.00. The molecule has 0 radical (unpaired) electrons. The zero-order chi connectivity index (χ0) is 20.6. The van der Waals surface area contributed by atoms with Gasteiger partial charge in [-0.3, -0.25) is 4.79 Å². The Balaban J connectivity index is 1.87. The summed E-state index contributed by atoms with van der Waals surface area (Å²) in [4.78, 5) is 26.8. The Morgan fingerprint density at radius 3 is 2.72 bits per heavy atom. The fraction of sp³-hybridized carbons (Fsp3) is 0.522. The van der Waals surface area contributed by atoms with Crippen molar-refractivity contribution in [1.29, 1.82) is 0 Å². The molecule has 2 heterocycles. The normalized spacial score (nSPS) is 16.8. The third kappa shape index (κ3) is 5.76. The number of piperidine rings is 1. The van der Waals surface area contributed by atoms with E-state index in [-0.39, 0.29) is 5.91 Å². The summed E-state index contributed by atoms with van der Waals surface area (Å²) >= 11 is 0. The van der Waals surface area contributed by atoms with Crippen molar-refractivity contribution < 1.29 is 4.79 Å². The second-order valence-corrected chi connectivity index (χ2v) is 7.96. The van der Waals surface area contributed by atoms with E-state index in [1.54, 1.807) is 0 Å². The van der Waals surface area contributed by atoms with E-state index in [4.69, 9.17) is 4.98 Å². The minimum Gasteiger partial charge on any atom is -0.354 e. The molecule has 1 atom stereocenters. The first-order chi connectivity index (χ1) is 14.1. The molecule has 1 aliphatic heterocycles. The summed E-state index contributed by atoms with van der Waals surface area (Å²) in [5.74, 6) is 1.35. The molecule has 6 nitrogen and oxygen atoms in total. The first-order valence-corrected chi connectivity index (χ1v) is 10.7. The Hall–Kier alpha value is -2.47. The van der Waals surface area contributed by atoms with Gasteiger partial charge in [-0.05, 0) is 52.7 Å². The Bertz CT molecular complexity index is 793. The highest BCUT2D eigenvalue weighted by atomic mass is 16.1. The van der Waals surface area contributed by atoms with Crippen LogP contribution in [-0.4, -0.2) is 60.5 Å². The maximum atomic E-state index is 12.8. The molecular weight excluding hydrogens is 362 g/mol. The summed E-state index contributed by atoms with van der Waals surface area (Å²) in [7, 11) is 4.07. The monoisotopic (exact) mass is 395 g/mol. The van der Waals surface area contributed by atoms with Gasteiger partial charge in [0.2, 0.25) is 0 Å². The van der Waals surface area contributed by atoms with Crippen LogP contribution in [0.25, 0.3) is 11.4 Å². The molecule has 1 fully saturated rings. The second kappa shape index (κ2) is 10.3. The molecule has 0 saturated carbocycles. The van der Waals surface area contributed by atoms with Gasteiger partial charge in [0, 0.05) is 30.8 Å². The molecule has 1 aromatic heterocycles. The molecule has 1 saturated heterocycles. The van der Waals surface area contributed by atoms with Crippen LogP contribution in [0.15, 0.2) is 36.4 Å². The average Bonchev–Trinajstić information content (AvgIpc) is 2.76. The third-order valence-electron chi connectivity index (χ3n) is 5.44. The van der Waals surface area contributed by atoms with E-state index < -0.39 is 0 Å². The number of carbonyl (C=O) groups is 1. The van der Waals surface area contributed by atoms with Gasteiger partial charge < -0.3 is 15.1 Å². The minimum absolute atomic E-state index is 0.130. The third-order valence-corrected chi connectivity index (χ3v) is 5.44. The van der Waals surface area contributed by atoms with Gasteiger partial charge in [-0.2, -0.15) is 0 Å². The Morgan fingerprint density at radius 1 is 1.21 bits per heavy atom. The van der Waals surface area contributed by atoms with Gasteiger partial charge in [0.1, 0.15) is 11.5 Å². The van der Waals surface area contributed by atoms with Gasteiger partial charge in [0.05, 0.1) is 0 Å². The summed E-state index contributed by atoms with van der Waals surface area (Å²) in [5, 5.41) is 3.01. The van der Waals surface area contributed by atoms with Gasteiger partial charge in [-0.15, -0.1) is 0 Å². The van der Waals surface area contributed by atoms with E-state index in [9.17, 15) is 4.79 Å². The number of anilines is 1. The van der Waals surface area contributed by atoms with Crippen LogP contribution in [0.5, 0.6) is 0 Å². The number of carbonyl (C=O) groups excluding carboxylic acids is 1. The van der Waals surface area contributed by atoms with E-state index in [2.05, 4.69) is 27.0 Å². The van der Waals surface area contributed by atoms with Crippen LogP contribution in [0.2, 0.25) is 0 Å². The van der Waals surface area contributed by atoms with Gasteiger partial charge >= 0.3 is 0 Å². The van der Waals surface area contributed by atoms with E-state index in [0.717, 1.165) is 43.7 Å². The fourth-order valence-electron chi connectivity index (χ4n) is 3.83. The molecular formula is C23H33N5O. The van der Waals surface area contributed by atoms with Crippen molar-refractivity contribution in [3.8, 4) is 11.4 Å². The lowest BCUT2D eigenvalue weighted by molar-refractivity contribution is 0.0947. The maximum Gasteiger partial charge on any atom is 0.270 e. The number of amides is 1. The molecule has 156 valence electrons. The summed E-state index contributed by atoms with van der Waals surface area (Å²) in [6.45, 7) is 4.78. The van der Waals surface area contributed by atoms with Crippen LogP contribution in [0.4, 0.5) is 5.82 Å². The van der Waals surface area contributed by atoms with Crippen molar-refractivity contribution in [2.24, 2.45) is 0 Å². The van der Waals surface area contributed by atoms with Gasteiger partial charge in [-0.1, -0.05) is 37.3 Å². The van der Waals surface area contributed by atoms with E-state index in [1.165, 1.54) is 12.8 Å². The van der Waals surface area contributed by atoms with Crippen LogP contribution >= 0.6 is 0 Å². The van der Waals surface area contributed by atoms with Gasteiger partial charge in [0.15, 0.2) is 5.82 Å². The lowest BCUT2D eigenvalue weighted by Gasteiger charge is -2.36. The van der Waals surface area contributed by atoms with Crippen LogP contribution in [0, 0.1) is 0 Å². The van der Waals surface area contributed by atoms with Crippen molar-refractivity contribution in [2.45, 2.75) is 45.1 Å². The number of aromatic nitrogens is 2. The second-order valence-electron chi connectivity index (χ2n) is 7.96. The van der Waals surface area contributed by atoms with Crippen molar-refractivity contribution in [2.75, 3.05) is 38.6 Å². The molecule has 1 N–H and O–H groups in total. The summed E-state index contributed by atoms with van der Waals surface area (Å²) < 4.78 is 0. The molecule has 1 amide bonds.